The Morgan fingerprint density at radius 1 is 1.06 bits per heavy atom. The third kappa shape index (κ3) is 2.90. The number of anilines is 1. The number of fused-ring (bicyclic) bond motifs is 2. The molecule has 0 saturated carbocycles. The molecular formula is C24H20N2O5S. The summed E-state index contributed by atoms with van der Waals surface area (Å²) in [4.78, 5) is 34.4. The Balaban J connectivity index is 1.86. The number of thiazole rings is 1. The first kappa shape index (κ1) is 20.3. The molecule has 0 aliphatic carbocycles. The van der Waals surface area contributed by atoms with E-state index in [9.17, 15) is 9.59 Å². The second kappa shape index (κ2) is 7.49. The van der Waals surface area contributed by atoms with E-state index in [1.807, 2.05) is 13.8 Å². The van der Waals surface area contributed by atoms with Crippen LogP contribution >= 0.6 is 11.3 Å². The number of carbonyl (C=O) groups is 1. The normalized spacial score (nSPS) is 15.3. The van der Waals surface area contributed by atoms with Crippen LogP contribution in [0.3, 0.4) is 0 Å². The SMILES string of the molecule is COc1ccc(OC)c([C@@H]2c3c(oc4ccccc4c3=O)C(=O)N2c2nc(C)c(C)s2)c1. The first-order valence-corrected chi connectivity index (χ1v) is 10.8. The molecule has 2 aromatic carbocycles. The number of aryl methyl sites for hydroxylation is 2. The maximum Gasteiger partial charge on any atom is 0.297 e. The highest BCUT2D eigenvalue weighted by atomic mass is 32.1. The fourth-order valence-corrected chi connectivity index (χ4v) is 4.96. The molecule has 0 unspecified atom stereocenters. The number of para-hydroxylation sites is 1. The van der Waals surface area contributed by atoms with Gasteiger partial charge in [-0.3, -0.25) is 14.5 Å². The number of amides is 1. The topological polar surface area (TPSA) is 81.9 Å². The average molecular weight is 449 g/mol. The molecule has 0 saturated heterocycles. The van der Waals surface area contributed by atoms with Crippen molar-refractivity contribution in [3.8, 4) is 11.5 Å². The second-order valence-corrected chi connectivity index (χ2v) is 8.68. The largest absolute Gasteiger partial charge is 0.497 e. The Morgan fingerprint density at radius 3 is 2.53 bits per heavy atom. The number of rotatable bonds is 4. The molecule has 1 amide bonds. The Morgan fingerprint density at radius 2 is 1.84 bits per heavy atom. The van der Waals surface area contributed by atoms with Crippen LogP contribution in [0.5, 0.6) is 11.5 Å². The minimum absolute atomic E-state index is 0.0223. The van der Waals surface area contributed by atoms with E-state index >= 15 is 0 Å². The molecular weight excluding hydrogens is 428 g/mol. The Bertz CT molecular complexity index is 1420. The Labute approximate surface area is 187 Å². The summed E-state index contributed by atoms with van der Waals surface area (Å²) in [5, 5.41) is 0.911. The van der Waals surface area contributed by atoms with E-state index in [0.717, 1.165) is 10.6 Å². The molecule has 0 N–H and O–H groups in total. The summed E-state index contributed by atoms with van der Waals surface area (Å²) >= 11 is 1.40. The van der Waals surface area contributed by atoms with Gasteiger partial charge in [0.25, 0.3) is 5.91 Å². The first-order chi connectivity index (χ1) is 15.4. The van der Waals surface area contributed by atoms with E-state index in [1.54, 1.807) is 56.7 Å². The molecule has 5 rings (SSSR count). The van der Waals surface area contributed by atoms with Crippen LogP contribution in [-0.2, 0) is 0 Å². The monoisotopic (exact) mass is 448 g/mol. The van der Waals surface area contributed by atoms with Crippen LogP contribution in [0.2, 0.25) is 0 Å². The molecule has 1 atom stereocenters. The molecule has 32 heavy (non-hydrogen) atoms. The second-order valence-electron chi connectivity index (χ2n) is 7.49. The zero-order valence-corrected chi connectivity index (χ0v) is 18.8. The van der Waals surface area contributed by atoms with Crippen LogP contribution in [0.1, 0.15) is 38.3 Å². The lowest BCUT2D eigenvalue weighted by Gasteiger charge is -2.24. The van der Waals surface area contributed by atoms with Crippen molar-refractivity contribution in [3.63, 3.8) is 0 Å². The van der Waals surface area contributed by atoms with Gasteiger partial charge in [0.2, 0.25) is 5.76 Å². The highest BCUT2D eigenvalue weighted by Gasteiger charge is 2.46. The maximum absolute atomic E-state index is 13.6. The Hall–Kier alpha value is -3.65. The summed E-state index contributed by atoms with van der Waals surface area (Å²) < 4.78 is 17.0. The van der Waals surface area contributed by atoms with Crippen LogP contribution < -0.4 is 19.8 Å². The highest BCUT2D eigenvalue weighted by molar-refractivity contribution is 7.15. The van der Waals surface area contributed by atoms with Crippen LogP contribution in [0.4, 0.5) is 5.13 Å². The van der Waals surface area contributed by atoms with Gasteiger partial charge in [0.05, 0.1) is 30.9 Å². The number of hydrogen-bond donors (Lipinski definition) is 0. The molecule has 162 valence electrons. The molecule has 1 aliphatic heterocycles. The maximum atomic E-state index is 13.6. The quantitative estimate of drug-likeness (QED) is 0.453. The minimum atomic E-state index is -0.770. The molecule has 0 radical (unpaired) electrons. The van der Waals surface area contributed by atoms with Gasteiger partial charge in [0.1, 0.15) is 23.1 Å². The summed E-state index contributed by atoms with van der Waals surface area (Å²) in [7, 11) is 3.11. The van der Waals surface area contributed by atoms with Crippen molar-refractivity contribution < 1.29 is 18.7 Å². The molecule has 0 spiro atoms. The van der Waals surface area contributed by atoms with Gasteiger partial charge in [-0.25, -0.2) is 4.98 Å². The van der Waals surface area contributed by atoms with Crippen molar-refractivity contribution in [2.24, 2.45) is 0 Å². The summed E-state index contributed by atoms with van der Waals surface area (Å²) in [5.41, 5.74) is 1.83. The predicted molar refractivity (Wildman–Crippen MR) is 122 cm³/mol. The lowest BCUT2D eigenvalue weighted by Crippen LogP contribution is -2.29. The van der Waals surface area contributed by atoms with Gasteiger partial charge in [-0.15, -0.1) is 11.3 Å². The molecule has 8 heteroatoms. The van der Waals surface area contributed by atoms with Gasteiger partial charge in [0.15, 0.2) is 10.6 Å². The van der Waals surface area contributed by atoms with E-state index in [0.29, 0.717) is 33.2 Å². The number of ether oxygens (including phenoxy) is 2. The molecule has 4 aromatic rings. The van der Waals surface area contributed by atoms with E-state index in [1.165, 1.54) is 16.2 Å². The summed E-state index contributed by atoms with van der Waals surface area (Å²) in [5.74, 6) is 0.720. The van der Waals surface area contributed by atoms with Crippen molar-refractivity contribution in [2.75, 3.05) is 19.1 Å². The zero-order valence-electron chi connectivity index (χ0n) is 18.0. The van der Waals surface area contributed by atoms with E-state index < -0.39 is 11.9 Å². The van der Waals surface area contributed by atoms with Gasteiger partial charge >= 0.3 is 0 Å². The summed E-state index contributed by atoms with van der Waals surface area (Å²) in [6.45, 7) is 3.84. The third-order valence-corrected chi connectivity index (χ3v) is 6.80. The lowest BCUT2D eigenvalue weighted by atomic mass is 9.97. The highest BCUT2D eigenvalue weighted by Crippen LogP contribution is 2.46. The smallest absolute Gasteiger partial charge is 0.297 e. The van der Waals surface area contributed by atoms with Crippen LogP contribution in [0.25, 0.3) is 11.0 Å². The van der Waals surface area contributed by atoms with Gasteiger partial charge in [-0.2, -0.15) is 0 Å². The number of methoxy groups -OCH3 is 2. The molecule has 1 aliphatic rings. The minimum Gasteiger partial charge on any atom is -0.497 e. The first-order valence-electron chi connectivity index (χ1n) is 9.99. The molecule has 0 fully saturated rings. The average Bonchev–Trinajstić information content (AvgIpc) is 3.29. The van der Waals surface area contributed by atoms with Gasteiger partial charge in [0, 0.05) is 10.4 Å². The fraction of sp³-hybridized carbons (Fsp3) is 0.208. The van der Waals surface area contributed by atoms with Crippen molar-refractivity contribution in [3.05, 3.63) is 80.1 Å². The number of carbonyl (C=O) groups excluding carboxylic acids is 1. The van der Waals surface area contributed by atoms with Crippen molar-refractivity contribution >= 4 is 33.3 Å². The molecule has 0 bridgehead atoms. The zero-order chi connectivity index (χ0) is 22.6. The number of hydrogen-bond acceptors (Lipinski definition) is 7. The van der Waals surface area contributed by atoms with Gasteiger partial charge in [-0.05, 0) is 44.2 Å². The standard InChI is InChI=1S/C24H20N2O5S/c1-12-13(2)32-24(25-12)26-20(16-11-14(29-3)9-10-17(16)30-4)19-21(27)15-7-5-6-8-18(15)31-22(19)23(26)28/h5-11,20H,1-4H3/t20-/m1/s1. The van der Waals surface area contributed by atoms with Crippen molar-refractivity contribution in [2.45, 2.75) is 19.9 Å². The summed E-state index contributed by atoms with van der Waals surface area (Å²) in [6.07, 6.45) is 0. The van der Waals surface area contributed by atoms with Crippen molar-refractivity contribution in [1.29, 1.82) is 0 Å². The number of benzene rings is 2. The van der Waals surface area contributed by atoms with Gasteiger partial charge in [-0.1, -0.05) is 12.1 Å². The lowest BCUT2D eigenvalue weighted by molar-refractivity contribution is 0.0970. The van der Waals surface area contributed by atoms with E-state index in [-0.39, 0.29) is 16.8 Å². The van der Waals surface area contributed by atoms with Crippen LogP contribution in [0, 0.1) is 13.8 Å². The molecule has 3 heterocycles. The predicted octanol–water partition coefficient (Wildman–Crippen LogP) is 4.63. The van der Waals surface area contributed by atoms with E-state index in [4.69, 9.17) is 13.9 Å². The van der Waals surface area contributed by atoms with Crippen molar-refractivity contribution in [1.82, 2.24) is 4.98 Å². The van der Waals surface area contributed by atoms with E-state index in [2.05, 4.69) is 4.98 Å². The molecule has 7 nitrogen and oxygen atoms in total. The van der Waals surface area contributed by atoms with Crippen LogP contribution in [-0.4, -0.2) is 25.1 Å². The summed E-state index contributed by atoms with van der Waals surface area (Å²) in [6, 6.07) is 11.5. The van der Waals surface area contributed by atoms with Gasteiger partial charge < -0.3 is 13.9 Å². The fourth-order valence-electron chi connectivity index (χ4n) is 4.02. The number of aromatic nitrogens is 1. The molecule has 2 aromatic heterocycles. The number of nitrogens with zero attached hydrogens (tertiary/aromatic N) is 2. The van der Waals surface area contributed by atoms with Crippen LogP contribution in [0.15, 0.2) is 51.7 Å². The third-order valence-electron chi connectivity index (χ3n) is 5.73. The Kier molecular flexibility index (Phi) is 4.74.